The lowest BCUT2D eigenvalue weighted by molar-refractivity contribution is 0.172. The van der Waals surface area contributed by atoms with E-state index in [-0.39, 0.29) is 28.9 Å². The van der Waals surface area contributed by atoms with Gasteiger partial charge in [0.2, 0.25) is 0 Å². The van der Waals surface area contributed by atoms with Crippen LogP contribution in [-0.4, -0.2) is 38.8 Å². The number of pyridine rings is 1. The lowest BCUT2D eigenvalue weighted by Crippen LogP contribution is -2.25. The number of hydrogen-bond donors (Lipinski definition) is 1. The molecule has 1 aromatic carbocycles. The van der Waals surface area contributed by atoms with Crippen molar-refractivity contribution in [2.75, 3.05) is 18.8 Å². The topological polar surface area (TPSA) is 125 Å². The largest absolute Gasteiger partial charge is 0.755 e. The molecule has 0 bridgehead atoms. The standard InChI is InChI=1S/C19H18FN3O6S/c1-10-13-5-4-12(28-19(25)23(2)3)9-15(13)29-18(24)14(10)8-11-6-7-21-17(16(11)20)22-30(26)27/h4-7,9H,8H2,1-3H3,(H,21,22)(H,26,27)/p-1. The van der Waals surface area contributed by atoms with Crippen LogP contribution in [-0.2, 0) is 17.7 Å². The van der Waals surface area contributed by atoms with Gasteiger partial charge in [0.25, 0.3) is 0 Å². The summed E-state index contributed by atoms with van der Waals surface area (Å²) in [6.07, 6.45) is 0.522. The third kappa shape index (κ3) is 4.47. The van der Waals surface area contributed by atoms with Crippen molar-refractivity contribution in [1.82, 2.24) is 9.88 Å². The van der Waals surface area contributed by atoms with E-state index >= 15 is 0 Å². The number of nitrogens with zero attached hydrogens (tertiary/aromatic N) is 2. The average molecular weight is 434 g/mol. The summed E-state index contributed by atoms with van der Waals surface area (Å²) in [4.78, 5) is 29.1. The van der Waals surface area contributed by atoms with E-state index in [9.17, 15) is 22.7 Å². The Kier molecular flexibility index (Phi) is 6.13. The second-order valence-electron chi connectivity index (χ2n) is 6.56. The van der Waals surface area contributed by atoms with E-state index in [0.29, 0.717) is 10.9 Å². The van der Waals surface area contributed by atoms with Gasteiger partial charge in [0.1, 0.15) is 11.3 Å². The van der Waals surface area contributed by atoms with Crippen LogP contribution in [0.4, 0.5) is 15.0 Å². The molecule has 3 rings (SSSR count). The maximum Gasteiger partial charge on any atom is 0.414 e. The summed E-state index contributed by atoms with van der Waals surface area (Å²) < 4.78 is 48.5. The number of ether oxygens (including phenoxy) is 1. The van der Waals surface area contributed by atoms with E-state index in [1.165, 1.54) is 37.3 Å². The molecule has 2 aromatic heterocycles. The van der Waals surface area contributed by atoms with Gasteiger partial charge in [0.15, 0.2) is 11.6 Å². The molecule has 9 nitrogen and oxygen atoms in total. The summed E-state index contributed by atoms with van der Waals surface area (Å²) in [7, 11) is 3.07. The molecule has 3 aromatic rings. The number of nitrogens with one attached hydrogen (secondary N) is 1. The van der Waals surface area contributed by atoms with E-state index in [0.717, 1.165) is 0 Å². The lowest BCUT2D eigenvalue weighted by atomic mass is 10.00. The Morgan fingerprint density at radius 2 is 2.10 bits per heavy atom. The first kappa shape index (κ1) is 21.4. The zero-order valence-electron chi connectivity index (χ0n) is 16.2. The number of anilines is 1. The summed E-state index contributed by atoms with van der Waals surface area (Å²) in [5, 5.41) is 0.586. The summed E-state index contributed by atoms with van der Waals surface area (Å²) in [6.45, 7) is 1.69. The minimum Gasteiger partial charge on any atom is -0.755 e. The van der Waals surface area contributed by atoms with Gasteiger partial charge in [-0.05, 0) is 36.2 Å². The molecule has 1 unspecified atom stereocenters. The summed E-state index contributed by atoms with van der Waals surface area (Å²) in [5.74, 6) is -1.14. The highest BCUT2D eigenvalue weighted by Gasteiger charge is 2.17. The van der Waals surface area contributed by atoms with E-state index < -0.39 is 34.6 Å². The number of aromatic nitrogens is 1. The Labute approximate surface area is 172 Å². The van der Waals surface area contributed by atoms with Gasteiger partial charge in [0.05, 0.1) is 0 Å². The number of amides is 1. The number of aryl methyl sites for hydroxylation is 1. The maximum absolute atomic E-state index is 14.6. The van der Waals surface area contributed by atoms with Crippen molar-refractivity contribution in [1.29, 1.82) is 0 Å². The van der Waals surface area contributed by atoms with E-state index in [2.05, 4.69) is 4.98 Å². The van der Waals surface area contributed by atoms with Gasteiger partial charge in [-0.25, -0.2) is 19.0 Å². The summed E-state index contributed by atoms with van der Waals surface area (Å²) >= 11 is -2.74. The Hall–Kier alpha value is -3.31. The zero-order chi connectivity index (χ0) is 22.0. The molecule has 0 aliphatic carbocycles. The van der Waals surface area contributed by atoms with Crippen LogP contribution in [0, 0.1) is 12.7 Å². The highest BCUT2D eigenvalue weighted by atomic mass is 32.2. The molecular weight excluding hydrogens is 417 g/mol. The third-order valence-electron chi connectivity index (χ3n) is 4.35. The van der Waals surface area contributed by atoms with Gasteiger partial charge >= 0.3 is 11.7 Å². The molecule has 0 saturated carbocycles. The van der Waals surface area contributed by atoms with Crippen LogP contribution in [0.1, 0.15) is 16.7 Å². The van der Waals surface area contributed by atoms with Crippen molar-refractivity contribution < 1.29 is 27.1 Å². The van der Waals surface area contributed by atoms with Gasteiger partial charge < -0.3 is 18.6 Å². The van der Waals surface area contributed by atoms with Gasteiger partial charge in [-0.1, -0.05) is 0 Å². The smallest absolute Gasteiger partial charge is 0.414 e. The van der Waals surface area contributed by atoms with Gasteiger partial charge in [-0.3, -0.25) is 8.93 Å². The van der Waals surface area contributed by atoms with Gasteiger partial charge in [-0.2, -0.15) is 0 Å². The number of halogens is 1. The number of fused-ring (bicyclic) bond motifs is 1. The second-order valence-corrected chi connectivity index (χ2v) is 7.23. The number of rotatable bonds is 5. The van der Waals surface area contributed by atoms with Crippen molar-refractivity contribution >= 4 is 34.1 Å². The van der Waals surface area contributed by atoms with E-state index in [1.807, 2.05) is 4.72 Å². The fourth-order valence-corrected chi connectivity index (χ4v) is 3.10. The Morgan fingerprint density at radius 1 is 1.37 bits per heavy atom. The average Bonchev–Trinajstić information content (AvgIpc) is 2.67. The highest BCUT2D eigenvalue weighted by molar-refractivity contribution is 7.80. The predicted molar refractivity (Wildman–Crippen MR) is 106 cm³/mol. The Morgan fingerprint density at radius 3 is 2.77 bits per heavy atom. The first-order chi connectivity index (χ1) is 14.2. The van der Waals surface area contributed by atoms with E-state index in [1.54, 1.807) is 19.1 Å². The fourth-order valence-electron chi connectivity index (χ4n) is 2.80. The Balaban J connectivity index is 1.99. The van der Waals surface area contributed by atoms with Crippen molar-refractivity contribution in [3.63, 3.8) is 0 Å². The number of carbonyl (C=O) groups excluding carboxylic acids is 1. The molecule has 30 heavy (non-hydrogen) atoms. The number of hydrogen-bond acceptors (Lipinski definition) is 7. The predicted octanol–water partition coefficient (Wildman–Crippen LogP) is 2.49. The molecule has 1 N–H and O–H groups in total. The molecule has 0 saturated heterocycles. The molecule has 0 aliphatic rings. The van der Waals surface area contributed by atoms with Crippen LogP contribution in [0.5, 0.6) is 5.75 Å². The normalized spacial score (nSPS) is 11.9. The zero-order valence-corrected chi connectivity index (χ0v) is 17.0. The molecule has 0 spiro atoms. The Bertz CT molecular complexity index is 1210. The highest BCUT2D eigenvalue weighted by Crippen LogP contribution is 2.26. The van der Waals surface area contributed by atoms with Crippen LogP contribution in [0.15, 0.2) is 39.7 Å². The monoisotopic (exact) mass is 434 g/mol. The second kappa shape index (κ2) is 8.59. The van der Waals surface area contributed by atoms with Gasteiger partial charge in [0, 0.05) is 55.0 Å². The van der Waals surface area contributed by atoms with Crippen LogP contribution in [0.2, 0.25) is 0 Å². The lowest BCUT2D eigenvalue weighted by Gasteiger charge is -2.13. The molecule has 0 aliphatic heterocycles. The van der Waals surface area contributed by atoms with Crippen molar-refractivity contribution in [3.8, 4) is 5.75 Å². The summed E-state index contributed by atoms with van der Waals surface area (Å²) in [5.41, 5.74) is 0.368. The van der Waals surface area contributed by atoms with Crippen LogP contribution >= 0.6 is 0 Å². The SMILES string of the molecule is Cc1c(Cc2ccnc(NS(=O)[O-])c2F)c(=O)oc2cc(OC(=O)N(C)C)ccc12. The molecule has 11 heteroatoms. The number of benzene rings is 1. The molecule has 1 atom stereocenters. The van der Waals surface area contributed by atoms with E-state index in [4.69, 9.17) is 9.15 Å². The number of carbonyl (C=O) groups is 1. The van der Waals surface area contributed by atoms with Crippen LogP contribution in [0.3, 0.4) is 0 Å². The molecule has 0 fully saturated rings. The quantitative estimate of drug-likeness (QED) is 0.483. The van der Waals surface area contributed by atoms with Gasteiger partial charge in [-0.15, -0.1) is 0 Å². The summed E-state index contributed by atoms with van der Waals surface area (Å²) in [6, 6.07) is 5.96. The molecule has 2 heterocycles. The molecule has 1 amide bonds. The van der Waals surface area contributed by atoms with Crippen molar-refractivity contribution in [3.05, 3.63) is 63.4 Å². The first-order valence-electron chi connectivity index (χ1n) is 8.62. The van der Waals surface area contributed by atoms with Crippen LogP contribution < -0.4 is 15.1 Å². The minimum atomic E-state index is -2.74. The maximum atomic E-state index is 14.6. The molecule has 158 valence electrons. The van der Waals surface area contributed by atoms with Crippen molar-refractivity contribution in [2.45, 2.75) is 13.3 Å². The van der Waals surface area contributed by atoms with Crippen molar-refractivity contribution in [2.24, 2.45) is 0 Å². The molecule has 0 radical (unpaired) electrons. The first-order valence-corrected chi connectivity index (χ1v) is 9.69. The minimum absolute atomic E-state index is 0.0734. The fraction of sp³-hybridized carbons (Fsp3) is 0.211. The molecular formula is C19H17FN3O6S-. The third-order valence-corrected chi connectivity index (χ3v) is 4.71. The van der Waals surface area contributed by atoms with Crippen LogP contribution in [0.25, 0.3) is 11.0 Å².